The van der Waals surface area contributed by atoms with Crippen molar-refractivity contribution < 1.29 is 9.53 Å². The van der Waals surface area contributed by atoms with Crippen LogP contribution in [0, 0.1) is 0 Å². The molecule has 3 rings (SSSR count). The van der Waals surface area contributed by atoms with Gasteiger partial charge in [-0.25, -0.2) is 4.79 Å². The molecule has 0 saturated carbocycles. The minimum Gasteiger partial charge on any atom is -0.465 e. The van der Waals surface area contributed by atoms with E-state index in [0.717, 1.165) is 22.0 Å². The van der Waals surface area contributed by atoms with E-state index in [4.69, 9.17) is 16.3 Å². The molecule has 0 fully saturated rings. The number of alkyl halides is 1. The average molecular weight is 348 g/mol. The number of para-hydroxylation sites is 1. The number of carbonyl (C=O) groups excluding carboxylic acids is 1. The third-order valence-electron chi connectivity index (χ3n) is 3.55. The lowest BCUT2D eigenvalue weighted by Crippen LogP contribution is -2.10. The highest BCUT2D eigenvalue weighted by molar-refractivity contribution is 6.18. The molecule has 1 heterocycles. The van der Waals surface area contributed by atoms with Crippen LogP contribution in [-0.4, -0.2) is 18.1 Å². The molecule has 1 aromatic heterocycles. The average Bonchev–Trinajstić information content (AvgIpc) is 2.60. The zero-order chi connectivity index (χ0) is 15.5. The van der Waals surface area contributed by atoms with E-state index in [-0.39, 0.29) is 18.3 Å². The van der Waals surface area contributed by atoms with Crippen molar-refractivity contribution in [3.63, 3.8) is 0 Å². The smallest absolute Gasteiger partial charge is 0.340 e. The minimum atomic E-state index is -0.423. The summed E-state index contributed by atoms with van der Waals surface area (Å²) >= 11 is 6.02. The Morgan fingerprint density at radius 3 is 2.39 bits per heavy atom. The highest BCUT2D eigenvalue weighted by atomic mass is 35.5. The second kappa shape index (κ2) is 7.44. The van der Waals surface area contributed by atoms with E-state index >= 15 is 0 Å². The molecule has 0 atom stereocenters. The van der Waals surface area contributed by atoms with Gasteiger partial charge >= 0.3 is 5.97 Å². The summed E-state index contributed by atoms with van der Waals surface area (Å²) < 4.78 is 4.95. The Bertz CT molecular complexity index is 835. The van der Waals surface area contributed by atoms with Crippen LogP contribution in [0.25, 0.3) is 22.0 Å². The number of fused-ring (bicyclic) bond motifs is 1. The molecule has 3 nitrogen and oxygen atoms in total. The molecular formula is C18H15Cl2NO2. The van der Waals surface area contributed by atoms with Gasteiger partial charge in [-0.3, -0.25) is 4.98 Å². The Kier molecular flexibility index (Phi) is 5.59. The zero-order valence-corrected chi connectivity index (χ0v) is 14.0. The van der Waals surface area contributed by atoms with Gasteiger partial charge in [0.25, 0.3) is 0 Å². The van der Waals surface area contributed by atoms with Crippen LogP contribution >= 0.6 is 24.0 Å². The lowest BCUT2D eigenvalue weighted by atomic mass is 9.94. The van der Waals surface area contributed by atoms with Crippen molar-refractivity contribution >= 4 is 40.9 Å². The molecular weight excluding hydrogens is 333 g/mol. The molecule has 0 saturated heterocycles. The molecule has 23 heavy (non-hydrogen) atoms. The van der Waals surface area contributed by atoms with E-state index in [9.17, 15) is 4.79 Å². The van der Waals surface area contributed by atoms with Gasteiger partial charge in [0, 0.05) is 10.9 Å². The summed E-state index contributed by atoms with van der Waals surface area (Å²) in [5.41, 5.74) is 3.53. The SMILES string of the molecule is COC(=O)c1c(CCl)nc2ccccc2c1-c1ccccc1.Cl. The van der Waals surface area contributed by atoms with Gasteiger partial charge in [0.15, 0.2) is 0 Å². The van der Waals surface area contributed by atoms with Crippen molar-refractivity contribution in [3.05, 3.63) is 65.9 Å². The molecule has 118 valence electrons. The molecule has 0 radical (unpaired) electrons. The maximum Gasteiger partial charge on any atom is 0.340 e. The molecule has 2 aromatic carbocycles. The molecule has 0 spiro atoms. The van der Waals surface area contributed by atoms with Gasteiger partial charge in [0.05, 0.1) is 29.8 Å². The molecule has 3 aromatic rings. The van der Waals surface area contributed by atoms with Gasteiger partial charge in [0.1, 0.15) is 0 Å². The van der Waals surface area contributed by atoms with Crippen LogP contribution in [0.4, 0.5) is 0 Å². The van der Waals surface area contributed by atoms with Crippen LogP contribution in [0.3, 0.4) is 0 Å². The molecule has 0 amide bonds. The largest absolute Gasteiger partial charge is 0.465 e. The number of carbonyl (C=O) groups is 1. The summed E-state index contributed by atoms with van der Waals surface area (Å²) in [7, 11) is 1.37. The molecule has 0 N–H and O–H groups in total. The van der Waals surface area contributed by atoms with Crippen molar-refractivity contribution in [3.8, 4) is 11.1 Å². The van der Waals surface area contributed by atoms with Crippen LogP contribution < -0.4 is 0 Å². The standard InChI is InChI=1S/C18H14ClNO2.ClH/c1-22-18(21)17-15(11-19)20-14-10-6-5-9-13(14)16(17)12-7-3-2-4-8-12;/h2-10H,11H2,1H3;1H. The summed E-state index contributed by atoms with van der Waals surface area (Å²) in [5, 5.41) is 0.906. The first-order valence-electron chi connectivity index (χ1n) is 6.87. The number of benzene rings is 2. The second-order valence-corrected chi connectivity index (χ2v) is 5.08. The highest BCUT2D eigenvalue weighted by Crippen LogP contribution is 2.34. The number of pyridine rings is 1. The number of esters is 1. The summed E-state index contributed by atoms with van der Waals surface area (Å²) in [4.78, 5) is 16.8. The number of hydrogen-bond donors (Lipinski definition) is 0. The number of ether oxygens (including phenoxy) is 1. The van der Waals surface area contributed by atoms with Gasteiger partial charge < -0.3 is 4.74 Å². The monoisotopic (exact) mass is 347 g/mol. The number of hydrogen-bond acceptors (Lipinski definition) is 3. The first kappa shape index (κ1) is 17.3. The molecule has 0 aliphatic rings. The summed E-state index contributed by atoms with van der Waals surface area (Å²) in [6, 6.07) is 17.5. The molecule has 0 aliphatic carbocycles. The van der Waals surface area contributed by atoms with E-state index < -0.39 is 5.97 Å². The van der Waals surface area contributed by atoms with E-state index in [1.54, 1.807) is 0 Å². The fraction of sp³-hybridized carbons (Fsp3) is 0.111. The van der Waals surface area contributed by atoms with E-state index in [0.29, 0.717) is 11.3 Å². The Balaban J connectivity index is 0.00000192. The maximum atomic E-state index is 12.3. The fourth-order valence-corrected chi connectivity index (χ4v) is 2.78. The Morgan fingerprint density at radius 2 is 1.74 bits per heavy atom. The van der Waals surface area contributed by atoms with Crippen LogP contribution in [0.1, 0.15) is 16.1 Å². The second-order valence-electron chi connectivity index (χ2n) is 4.82. The summed E-state index contributed by atoms with van der Waals surface area (Å²) in [6.07, 6.45) is 0. The van der Waals surface area contributed by atoms with Crippen molar-refractivity contribution in [2.75, 3.05) is 7.11 Å². The Hall–Kier alpha value is -2.10. The topological polar surface area (TPSA) is 39.2 Å². The minimum absolute atomic E-state index is 0. The van der Waals surface area contributed by atoms with E-state index in [2.05, 4.69) is 4.98 Å². The quantitative estimate of drug-likeness (QED) is 0.502. The summed E-state index contributed by atoms with van der Waals surface area (Å²) in [5.74, 6) is -0.275. The fourth-order valence-electron chi connectivity index (χ4n) is 2.59. The lowest BCUT2D eigenvalue weighted by Gasteiger charge is -2.15. The first-order valence-corrected chi connectivity index (χ1v) is 7.41. The molecule has 5 heteroatoms. The third-order valence-corrected chi connectivity index (χ3v) is 3.80. The van der Waals surface area contributed by atoms with Gasteiger partial charge in [0.2, 0.25) is 0 Å². The van der Waals surface area contributed by atoms with E-state index in [1.165, 1.54) is 7.11 Å². The van der Waals surface area contributed by atoms with Gasteiger partial charge in [-0.2, -0.15) is 0 Å². The normalized spacial score (nSPS) is 10.2. The van der Waals surface area contributed by atoms with Crippen molar-refractivity contribution in [2.45, 2.75) is 5.88 Å². The zero-order valence-electron chi connectivity index (χ0n) is 12.5. The molecule has 0 aliphatic heterocycles. The predicted molar refractivity (Wildman–Crippen MR) is 95.3 cm³/mol. The number of aromatic nitrogens is 1. The van der Waals surface area contributed by atoms with Crippen molar-refractivity contribution in [2.24, 2.45) is 0 Å². The highest BCUT2D eigenvalue weighted by Gasteiger charge is 2.22. The molecule has 0 unspecified atom stereocenters. The van der Waals surface area contributed by atoms with Crippen LogP contribution in [0.5, 0.6) is 0 Å². The number of methoxy groups -OCH3 is 1. The van der Waals surface area contributed by atoms with Crippen LogP contribution in [0.15, 0.2) is 54.6 Å². The van der Waals surface area contributed by atoms with Gasteiger partial charge in [-0.15, -0.1) is 24.0 Å². The molecule has 0 bridgehead atoms. The Morgan fingerprint density at radius 1 is 1.09 bits per heavy atom. The van der Waals surface area contributed by atoms with Crippen molar-refractivity contribution in [1.82, 2.24) is 4.98 Å². The van der Waals surface area contributed by atoms with Crippen LogP contribution in [-0.2, 0) is 10.6 Å². The third kappa shape index (κ3) is 3.16. The lowest BCUT2D eigenvalue weighted by molar-refractivity contribution is 0.0600. The number of rotatable bonds is 3. The van der Waals surface area contributed by atoms with Crippen molar-refractivity contribution in [1.29, 1.82) is 0 Å². The van der Waals surface area contributed by atoms with Gasteiger partial charge in [-0.05, 0) is 11.6 Å². The predicted octanol–water partition coefficient (Wildman–Crippen LogP) is 4.85. The number of halogens is 2. The maximum absolute atomic E-state index is 12.3. The number of nitrogens with zero attached hydrogens (tertiary/aromatic N) is 1. The van der Waals surface area contributed by atoms with Gasteiger partial charge in [-0.1, -0.05) is 48.5 Å². The van der Waals surface area contributed by atoms with E-state index in [1.807, 2.05) is 54.6 Å². The van der Waals surface area contributed by atoms with Crippen LogP contribution in [0.2, 0.25) is 0 Å². The first-order chi connectivity index (χ1) is 10.8. The summed E-state index contributed by atoms with van der Waals surface area (Å²) in [6.45, 7) is 0. The Labute approximate surface area is 145 Å².